The maximum absolute atomic E-state index is 5.72. The first-order valence-electron chi connectivity index (χ1n) is 5.09. The van der Waals surface area contributed by atoms with E-state index in [4.69, 9.17) is 4.74 Å². The van der Waals surface area contributed by atoms with Crippen LogP contribution in [0.5, 0.6) is 0 Å². The van der Waals surface area contributed by atoms with Gasteiger partial charge in [-0.2, -0.15) is 0 Å². The smallest absolute Gasteiger partial charge is 0.0731 e. The van der Waals surface area contributed by atoms with Crippen LogP contribution in [0.15, 0.2) is 28.7 Å². The fourth-order valence-electron chi connectivity index (χ4n) is 1.34. The molecule has 0 aliphatic rings. The van der Waals surface area contributed by atoms with Gasteiger partial charge in [-0.3, -0.25) is 0 Å². The maximum Gasteiger partial charge on any atom is 0.0731 e. The van der Waals surface area contributed by atoms with Crippen molar-refractivity contribution in [2.75, 3.05) is 0 Å². The normalized spacial score (nSPS) is 12.8. The third kappa shape index (κ3) is 3.81. The van der Waals surface area contributed by atoms with Crippen molar-refractivity contribution >= 4 is 15.9 Å². The average Bonchev–Trinajstić information content (AvgIpc) is 2.17. The standard InChI is InChI=1S/C12H17BrO/c1-3-6-10(2)14-9-11-7-4-5-8-12(11)13/h4-5,7-8,10H,3,6,9H2,1-2H3. The van der Waals surface area contributed by atoms with Gasteiger partial charge in [0.2, 0.25) is 0 Å². The van der Waals surface area contributed by atoms with Crippen LogP contribution in [0, 0.1) is 0 Å². The Morgan fingerprint density at radius 2 is 2.07 bits per heavy atom. The summed E-state index contributed by atoms with van der Waals surface area (Å²) in [7, 11) is 0. The molecule has 0 N–H and O–H groups in total. The highest BCUT2D eigenvalue weighted by molar-refractivity contribution is 9.10. The maximum atomic E-state index is 5.72. The highest BCUT2D eigenvalue weighted by atomic mass is 79.9. The molecule has 1 atom stereocenters. The first-order chi connectivity index (χ1) is 6.74. The monoisotopic (exact) mass is 256 g/mol. The molecule has 0 radical (unpaired) electrons. The van der Waals surface area contributed by atoms with E-state index in [9.17, 15) is 0 Å². The van der Waals surface area contributed by atoms with Crippen molar-refractivity contribution < 1.29 is 4.74 Å². The number of hydrogen-bond donors (Lipinski definition) is 0. The number of ether oxygens (including phenoxy) is 1. The van der Waals surface area contributed by atoms with Crippen LogP contribution in [0.25, 0.3) is 0 Å². The molecule has 0 aromatic heterocycles. The molecule has 1 nitrogen and oxygen atoms in total. The van der Waals surface area contributed by atoms with E-state index in [2.05, 4.69) is 35.8 Å². The summed E-state index contributed by atoms with van der Waals surface area (Å²) in [4.78, 5) is 0. The summed E-state index contributed by atoms with van der Waals surface area (Å²) in [5.74, 6) is 0. The van der Waals surface area contributed by atoms with Gasteiger partial charge in [0, 0.05) is 4.47 Å². The van der Waals surface area contributed by atoms with Gasteiger partial charge in [-0.15, -0.1) is 0 Å². The SMILES string of the molecule is CCCC(C)OCc1ccccc1Br. The second-order valence-electron chi connectivity index (χ2n) is 3.50. The Kier molecular flexibility index (Phi) is 5.20. The van der Waals surface area contributed by atoms with Crippen LogP contribution in [0.1, 0.15) is 32.3 Å². The van der Waals surface area contributed by atoms with Crippen LogP contribution >= 0.6 is 15.9 Å². The third-order valence-corrected chi connectivity index (χ3v) is 2.95. The predicted molar refractivity (Wildman–Crippen MR) is 63.3 cm³/mol. The first kappa shape index (κ1) is 11.7. The molecule has 0 aliphatic carbocycles. The molecule has 0 aliphatic heterocycles. The highest BCUT2D eigenvalue weighted by Gasteiger charge is 2.03. The van der Waals surface area contributed by atoms with Gasteiger partial charge in [0.25, 0.3) is 0 Å². The molecule has 1 aromatic carbocycles. The summed E-state index contributed by atoms with van der Waals surface area (Å²) in [6, 6.07) is 8.18. The average molecular weight is 257 g/mol. The van der Waals surface area contributed by atoms with Gasteiger partial charge in [0.1, 0.15) is 0 Å². The molecular formula is C12H17BrO. The molecule has 1 aromatic rings. The Balaban J connectivity index is 2.41. The van der Waals surface area contributed by atoms with Gasteiger partial charge in [-0.1, -0.05) is 47.5 Å². The lowest BCUT2D eigenvalue weighted by Gasteiger charge is -2.12. The summed E-state index contributed by atoms with van der Waals surface area (Å²) >= 11 is 3.51. The minimum absolute atomic E-state index is 0.354. The molecule has 0 saturated carbocycles. The lowest BCUT2D eigenvalue weighted by Crippen LogP contribution is -2.07. The van der Waals surface area contributed by atoms with Gasteiger partial charge >= 0.3 is 0 Å². The zero-order valence-electron chi connectivity index (χ0n) is 8.79. The number of rotatable bonds is 5. The largest absolute Gasteiger partial charge is 0.374 e. The second-order valence-corrected chi connectivity index (χ2v) is 4.36. The number of hydrogen-bond acceptors (Lipinski definition) is 1. The predicted octanol–water partition coefficient (Wildman–Crippen LogP) is 4.15. The summed E-state index contributed by atoms with van der Waals surface area (Å²) < 4.78 is 6.85. The van der Waals surface area contributed by atoms with Crippen molar-refractivity contribution in [2.24, 2.45) is 0 Å². The zero-order valence-corrected chi connectivity index (χ0v) is 10.4. The molecule has 0 spiro atoms. The van der Waals surface area contributed by atoms with E-state index in [1.807, 2.05) is 18.2 Å². The van der Waals surface area contributed by atoms with Crippen LogP contribution in [-0.4, -0.2) is 6.10 Å². The van der Waals surface area contributed by atoms with Crippen molar-refractivity contribution in [1.82, 2.24) is 0 Å². The van der Waals surface area contributed by atoms with Crippen LogP contribution in [0.4, 0.5) is 0 Å². The van der Waals surface area contributed by atoms with E-state index in [0.29, 0.717) is 12.7 Å². The Bertz CT molecular complexity index is 273. The van der Waals surface area contributed by atoms with E-state index in [-0.39, 0.29) is 0 Å². The minimum atomic E-state index is 0.354. The molecule has 78 valence electrons. The second kappa shape index (κ2) is 6.20. The van der Waals surface area contributed by atoms with E-state index in [1.165, 1.54) is 12.0 Å². The Labute approximate surface area is 94.6 Å². The molecule has 1 unspecified atom stereocenters. The molecule has 0 heterocycles. The molecule has 0 amide bonds. The van der Waals surface area contributed by atoms with E-state index in [1.54, 1.807) is 0 Å². The van der Waals surface area contributed by atoms with Crippen molar-refractivity contribution in [1.29, 1.82) is 0 Å². The number of benzene rings is 1. The quantitative estimate of drug-likeness (QED) is 0.769. The Hall–Kier alpha value is -0.340. The van der Waals surface area contributed by atoms with Gasteiger partial charge in [-0.25, -0.2) is 0 Å². The summed E-state index contributed by atoms with van der Waals surface area (Å²) in [6.45, 7) is 5.00. The van der Waals surface area contributed by atoms with E-state index < -0.39 is 0 Å². The van der Waals surface area contributed by atoms with Crippen LogP contribution in [-0.2, 0) is 11.3 Å². The first-order valence-corrected chi connectivity index (χ1v) is 5.88. The van der Waals surface area contributed by atoms with Crippen molar-refractivity contribution in [3.05, 3.63) is 34.3 Å². The van der Waals surface area contributed by atoms with Crippen molar-refractivity contribution in [3.8, 4) is 0 Å². The highest BCUT2D eigenvalue weighted by Crippen LogP contribution is 2.17. The molecule has 0 bridgehead atoms. The van der Waals surface area contributed by atoms with E-state index >= 15 is 0 Å². The zero-order chi connectivity index (χ0) is 10.4. The molecule has 2 heteroatoms. The van der Waals surface area contributed by atoms with Gasteiger partial charge < -0.3 is 4.74 Å². The van der Waals surface area contributed by atoms with Gasteiger partial charge in [0.15, 0.2) is 0 Å². The molecule has 0 saturated heterocycles. The Morgan fingerprint density at radius 1 is 1.36 bits per heavy atom. The molecule has 1 rings (SSSR count). The lowest BCUT2D eigenvalue weighted by atomic mass is 10.2. The van der Waals surface area contributed by atoms with Crippen LogP contribution in [0.2, 0.25) is 0 Å². The number of halogens is 1. The van der Waals surface area contributed by atoms with Crippen LogP contribution < -0.4 is 0 Å². The van der Waals surface area contributed by atoms with Gasteiger partial charge in [0.05, 0.1) is 12.7 Å². The molecule has 0 fully saturated rings. The lowest BCUT2D eigenvalue weighted by molar-refractivity contribution is 0.0469. The fourth-order valence-corrected chi connectivity index (χ4v) is 1.74. The van der Waals surface area contributed by atoms with Crippen LogP contribution in [0.3, 0.4) is 0 Å². The topological polar surface area (TPSA) is 9.23 Å². The van der Waals surface area contributed by atoms with E-state index in [0.717, 1.165) is 10.9 Å². The summed E-state index contributed by atoms with van der Waals surface area (Å²) in [6.07, 6.45) is 2.66. The van der Waals surface area contributed by atoms with Crippen molar-refractivity contribution in [2.45, 2.75) is 39.4 Å². The summed E-state index contributed by atoms with van der Waals surface area (Å²) in [5.41, 5.74) is 1.22. The van der Waals surface area contributed by atoms with Gasteiger partial charge in [-0.05, 0) is 25.0 Å². The van der Waals surface area contributed by atoms with Crippen molar-refractivity contribution in [3.63, 3.8) is 0 Å². The fraction of sp³-hybridized carbons (Fsp3) is 0.500. The Morgan fingerprint density at radius 3 is 2.71 bits per heavy atom. The minimum Gasteiger partial charge on any atom is -0.374 e. The summed E-state index contributed by atoms with van der Waals surface area (Å²) in [5, 5.41) is 0. The molecule has 14 heavy (non-hydrogen) atoms. The molecular weight excluding hydrogens is 240 g/mol. The third-order valence-electron chi connectivity index (χ3n) is 2.18.